The van der Waals surface area contributed by atoms with Crippen LogP contribution in [0.4, 0.5) is 13.2 Å². The van der Waals surface area contributed by atoms with Crippen molar-refractivity contribution in [3.05, 3.63) is 112 Å². The van der Waals surface area contributed by atoms with E-state index in [1.807, 2.05) is 31.1 Å². The lowest BCUT2D eigenvalue weighted by Crippen LogP contribution is -2.23. The van der Waals surface area contributed by atoms with Gasteiger partial charge in [0.2, 0.25) is 0 Å². The first-order valence-electron chi connectivity index (χ1n) is 15.3. The number of likely N-dealkylation sites (N-methyl/N-ethyl adjacent to an activating group) is 1. The summed E-state index contributed by atoms with van der Waals surface area (Å²) < 4.78 is 78.7. The predicted molar refractivity (Wildman–Crippen MR) is 184 cm³/mol. The fraction of sp³-hybridized carbons (Fsp3) is 0.229. The molecule has 0 fully saturated rings. The minimum absolute atomic E-state index is 0.103. The topological polar surface area (TPSA) is 113 Å². The van der Waals surface area contributed by atoms with Crippen LogP contribution in [0, 0.1) is 6.92 Å². The van der Waals surface area contributed by atoms with Crippen LogP contribution in [0.1, 0.15) is 5.56 Å². The first kappa shape index (κ1) is 34.5. The Hall–Kier alpha value is -5.41. The van der Waals surface area contributed by atoms with Crippen LogP contribution in [-0.4, -0.2) is 63.5 Å². The monoisotopic (exact) mass is 706 g/mol. The number of benzene rings is 2. The van der Waals surface area contributed by atoms with Gasteiger partial charge < -0.3 is 18.8 Å². The van der Waals surface area contributed by atoms with E-state index in [0.29, 0.717) is 47.4 Å². The molecule has 0 N–H and O–H groups in total. The van der Waals surface area contributed by atoms with E-state index in [1.165, 1.54) is 46.6 Å². The van der Waals surface area contributed by atoms with Gasteiger partial charge in [-0.3, -0.25) is 9.59 Å². The van der Waals surface area contributed by atoms with Gasteiger partial charge >= 0.3 is 6.30 Å². The van der Waals surface area contributed by atoms with Crippen molar-refractivity contribution >= 4 is 20.9 Å². The molecule has 0 spiro atoms. The number of rotatable bonds is 9. The Morgan fingerprint density at radius 1 is 0.860 bits per heavy atom. The van der Waals surface area contributed by atoms with Crippen molar-refractivity contribution in [2.45, 2.75) is 18.1 Å². The summed E-state index contributed by atoms with van der Waals surface area (Å²) in [7, 11) is 2.30. The van der Waals surface area contributed by atoms with Gasteiger partial charge in [-0.1, -0.05) is 29.8 Å². The summed E-state index contributed by atoms with van der Waals surface area (Å²) in [6, 6.07) is 15.8. The molecule has 0 aliphatic heterocycles. The van der Waals surface area contributed by atoms with E-state index in [9.17, 15) is 31.2 Å². The number of pyridine rings is 2. The van der Waals surface area contributed by atoms with E-state index in [0.717, 1.165) is 15.7 Å². The van der Waals surface area contributed by atoms with E-state index in [2.05, 4.69) is 5.10 Å². The third-order valence-electron chi connectivity index (χ3n) is 8.26. The third kappa shape index (κ3) is 6.36. The van der Waals surface area contributed by atoms with Crippen LogP contribution >= 0.6 is 0 Å². The number of aryl methyl sites for hydroxylation is 3. The third-order valence-corrected chi connectivity index (χ3v) is 9.99. The van der Waals surface area contributed by atoms with Gasteiger partial charge in [-0.2, -0.15) is 9.78 Å². The molecule has 0 aliphatic rings. The molecule has 2 aromatic carbocycles. The largest absolute Gasteiger partial charge is 0.504 e. The number of aromatic nitrogens is 5. The predicted octanol–water partition coefficient (Wildman–Crippen LogP) is 5.20. The summed E-state index contributed by atoms with van der Waals surface area (Å²) in [6.45, 7) is 2.88. The Kier molecular flexibility index (Phi) is 8.82. The van der Waals surface area contributed by atoms with Gasteiger partial charge in [0, 0.05) is 67.4 Å². The molecule has 0 atom stereocenters. The van der Waals surface area contributed by atoms with Crippen molar-refractivity contribution in [3.8, 4) is 39.3 Å². The van der Waals surface area contributed by atoms with Crippen LogP contribution in [0.5, 0.6) is 5.75 Å². The summed E-state index contributed by atoms with van der Waals surface area (Å²) in [6.07, 6.45) is -0.229. The average Bonchev–Trinajstić information content (AvgIpc) is 3.71. The molecule has 6 rings (SSSR count). The zero-order valence-corrected chi connectivity index (χ0v) is 28.6. The van der Waals surface area contributed by atoms with Crippen LogP contribution in [0.3, 0.4) is 0 Å². The molecule has 0 amide bonds. The summed E-state index contributed by atoms with van der Waals surface area (Å²) in [5, 5.41) is 3.52. The van der Waals surface area contributed by atoms with Crippen LogP contribution in [-0.2, 0) is 30.4 Å². The summed E-state index contributed by atoms with van der Waals surface area (Å²) in [5.41, 5.74) is 0.820. The quantitative estimate of drug-likeness (QED) is 0.203. The maximum atomic E-state index is 14.4. The van der Waals surface area contributed by atoms with Gasteiger partial charge in [-0.25, -0.2) is 12.4 Å². The Labute approximate surface area is 285 Å². The second kappa shape index (κ2) is 12.8. The zero-order chi connectivity index (χ0) is 36.1. The highest BCUT2D eigenvalue weighted by Gasteiger charge is 2.34. The second-order valence-corrected chi connectivity index (χ2v) is 14.0. The van der Waals surface area contributed by atoms with E-state index in [-0.39, 0.29) is 37.3 Å². The van der Waals surface area contributed by atoms with Crippen molar-refractivity contribution in [1.29, 1.82) is 0 Å². The molecule has 6 aromatic rings. The van der Waals surface area contributed by atoms with E-state index >= 15 is 0 Å². The minimum atomic E-state index is -4.88. The Morgan fingerprint density at radius 2 is 1.56 bits per heavy atom. The highest BCUT2D eigenvalue weighted by molar-refractivity contribution is 7.90. The number of alkyl halides is 3. The molecule has 0 saturated heterocycles. The van der Waals surface area contributed by atoms with Crippen molar-refractivity contribution in [2.24, 2.45) is 14.1 Å². The molecule has 260 valence electrons. The Morgan fingerprint density at radius 3 is 2.22 bits per heavy atom. The maximum Gasteiger partial charge on any atom is 0.504 e. The Bertz CT molecular complexity index is 2480. The van der Waals surface area contributed by atoms with E-state index in [1.54, 1.807) is 44.4 Å². The maximum absolute atomic E-state index is 14.4. The fourth-order valence-corrected chi connectivity index (χ4v) is 7.17. The second-order valence-electron chi connectivity index (χ2n) is 12.2. The normalized spacial score (nSPS) is 12.3. The van der Waals surface area contributed by atoms with Gasteiger partial charge in [-0.15, -0.1) is 13.2 Å². The van der Waals surface area contributed by atoms with Crippen LogP contribution in [0.2, 0.25) is 0 Å². The molecule has 0 saturated carbocycles. The summed E-state index contributed by atoms with van der Waals surface area (Å²) in [5.74, 6) is 0.578. The lowest BCUT2D eigenvalue weighted by Gasteiger charge is -2.16. The van der Waals surface area contributed by atoms with Crippen LogP contribution in [0.15, 0.2) is 99.9 Å². The standard InChI is InChI=1S/C35H33F3N6O5S/c1-22-9-11-26(12-10-22)50(47,48)44-31(24-18-39-43(19-24)35(36,37)38)16-28-30(21-42(5)34(46)33(28)44)27-17-32(45)41(4)20-29(27)23-7-6-8-25(15-23)49-14-13-40(2)3/h6-12,15-21H,13-14H2,1-5H3. The molecule has 0 unspecified atom stereocenters. The highest BCUT2D eigenvalue weighted by Crippen LogP contribution is 2.40. The molecule has 0 aliphatic carbocycles. The van der Waals surface area contributed by atoms with E-state index < -0.39 is 21.9 Å². The van der Waals surface area contributed by atoms with Gasteiger partial charge in [0.05, 0.1) is 16.8 Å². The van der Waals surface area contributed by atoms with Crippen molar-refractivity contribution in [3.63, 3.8) is 0 Å². The SMILES string of the molecule is Cc1ccc(S(=O)(=O)n2c(-c3cnn(C(F)(F)F)c3)cc3c(-c4cc(=O)n(C)cc4-c4cccc(OCCN(C)C)c4)cn(C)c(=O)c32)cc1. The molecule has 11 nitrogen and oxygen atoms in total. The Balaban J connectivity index is 1.67. The molecule has 15 heteroatoms. The molecular weight excluding hydrogens is 673 g/mol. The molecule has 4 aromatic heterocycles. The van der Waals surface area contributed by atoms with Crippen molar-refractivity contribution in [2.75, 3.05) is 27.2 Å². The zero-order valence-electron chi connectivity index (χ0n) is 27.8. The number of nitrogens with zero attached hydrogens (tertiary/aromatic N) is 6. The number of halogens is 3. The minimum Gasteiger partial charge on any atom is -0.492 e. The molecule has 50 heavy (non-hydrogen) atoms. The fourth-order valence-electron chi connectivity index (χ4n) is 5.65. The molecule has 4 heterocycles. The van der Waals surface area contributed by atoms with Gasteiger partial charge in [0.1, 0.15) is 17.9 Å². The molecule has 0 radical (unpaired) electrons. The number of ether oxygens (including phenoxy) is 1. The molecular formula is C35H33F3N6O5S. The summed E-state index contributed by atoms with van der Waals surface area (Å²) >= 11 is 0. The first-order chi connectivity index (χ1) is 23.6. The first-order valence-corrected chi connectivity index (χ1v) is 16.8. The van der Waals surface area contributed by atoms with Gasteiger partial charge in [0.15, 0.2) is 0 Å². The van der Waals surface area contributed by atoms with Gasteiger partial charge in [-0.05, 0) is 62.5 Å². The lowest BCUT2D eigenvalue weighted by atomic mass is 9.95. The van der Waals surface area contributed by atoms with Crippen LogP contribution in [0.25, 0.3) is 44.4 Å². The lowest BCUT2D eigenvalue weighted by molar-refractivity contribution is -0.212. The average molecular weight is 707 g/mol. The smallest absolute Gasteiger partial charge is 0.492 e. The highest BCUT2D eigenvalue weighted by atomic mass is 32.2. The van der Waals surface area contributed by atoms with E-state index in [4.69, 9.17) is 4.74 Å². The van der Waals surface area contributed by atoms with Crippen LogP contribution < -0.4 is 15.9 Å². The summed E-state index contributed by atoms with van der Waals surface area (Å²) in [4.78, 5) is 28.9. The van der Waals surface area contributed by atoms with Crippen molar-refractivity contribution in [1.82, 2.24) is 27.8 Å². The number of fused-ring (bicyclic) bond motifs is 1. The van der Waals surface area contributed by atoms with Crippen molar-refractivity contribution < 1.29 is 26.3 Å². The number of hydrogen-bond acceptors (Lipinski definition) is 7. The number of hydrogen-bond donors (Lipinski definition) is 0. The molecule has 0 bridgehead atoms. The van der Waals surface area contributed by atoms with Gasteiger partial charge in [0.25, 0.3) is 21.1 Å².